The highest BCUT2D eigenvalue weighted by Gasteiger charge is 2.41. The van der Waals surface area contributed by atoms with Gasteiger partial charge in [0, 0.05) is 34.4 Å². The zero-order chi connectivity index (χ0) is 28.2. The number of anilines is 2. The molecule has 1 aliphatic carbocycles. The molecule has 0 saturated heterocycles. The topological polar surface area (TPSA) is 91.5 Å². The molecule has 0 bridgehead atoms. The van der Waals surface area contributed by atoms with Gasteiger partial charge in [0.15, 0.2) is 0 Å². The Morgan fingerprint density at radius 2 is 2.03 bits per heavy atom. The van der Waals surface area contributed by atoms with Gasteiger partial charge in [-0.25, -0.2) is 9.07 Å². The van der Waals surface area contributed by atoms with Crippen LogP contribution < -0.4 is 10.6 Å². The van der Waals surface area contributed by atoms with E-state index in [0.717, 1.165) is 12.8 Å². The Bertz CT molecular complexity index is 1600. The van der Waals surface area contributed by atoms with Gasteiger partial charge in [0.05, 0.1) is 34.9 Å². The van der Waals surface area contributed by atoms with Gasteiger partial charge in [0.25, 0.3) is 0 Å². The van der Waals surface area contributed by atoms with Crippen molar-refractivity contribution in [2.45, 2.75) is 52.1 Å². The van der Waals surface area contributed by atoms with Gasteiger partial charge in [-0.2, -0.15) is 5.26 Å². The largest absolute Gasteiger partial charge is 0.383 e. The van der Waals surface area contributed by atoms with E-state index in [4.69, 9.17) is 23.2 Å². The van der Waals surface area contributed by atoms with Gasteiger partial charge in [0.2, 0.25) is 0 Å². The molecular formula is C28H28Cl2FN7. The summed E-state index contributed by atoms with van der Waals surface area (Å²) in [7, 11) is 0. The molecule has 0 unspecified atom stereocenters. The third-order valence-corrected chi connectivity index (χ3v) is 7.20. The molecular weight excluding hydrogens is 524 g/mol. The number of rotatable bonds is 7. The van der Waals surface area contributed by atoms with Crippen molar-refractivity contribution >= 4 is 45.5 Å². The summed E-state index contributed by atoms with van der Waals surface area (Å²) in [4.78, 5) is 4.40. The second-order valence-corrected chi connectivity index (χ2v) is 11.9. The lowest BCUT2D eigenvalue weighted by Crippen LogP contribution is -2.20. The van der Waals surface area contributed by atoms with Gasteiger partial charge in [-0.15, -0.1) is 5.10 Å². The number of hydrogen-bond acceptors (Lipinski definition) is 6. The molecule has 0 spiro atoms. The molecule has 1 saturated carbocycles. The van der Waals surface area contributed by atoms with E-state index in [0.29, 0.717) is 39.4 Å². The number of halogens is 3. The van der Waals surface area contributed by atoms with Gasteiger partial charge in [-0.05, 0) is 49.4 Å². The quantitative estimate of drug-likeness (QED) is 0.249. The molecule has 7 nitrogen and oxygen atoms in total. The summed E-state index contributed by atoms with van der Waals surface area (Å²) >= 11 is 13.1. The van der Waals surface area contributed by atoms with Crippen molar-refractivity contribution in [3.05, 3.63) is 75.4 Å². The molecule has 1 fully saturated rings. The Labute approximate surface area is 232 Å². The average molecular weight is 553 g/mol. The van der Waals surface area contributed by atoms with E-state index in [2.05, 4.69) is 59.7 Å². The Balaban J connectivity index is 1.67. The van der Waals surface area contributed by atoms with Crippen molar-refractivity contribution in [2.24, 2.45) is 5.41 Å². The second-order valence-electron chi connectivity index (χ2n) is 11.1. The molecule has 1 aliphatic rings. The van der Waals surface area contributed by atoms with Crippen LogP contribution in [0.5, 0.6) is 0 Å². The molecule has 196 valence electrons. The molecule has 10 heteroatoms. The number of nitrogens with one attached hydrogen (secondary N) is 2. The average Bonchev–Trinajstić information content (AvgIpc) is 3.39. The van der Waals surface area contributed by atoms with Gasteiger partial charge in [-0.3, -0.25) is 4.98 Å². The molecule has 0 radical (unpaired) electrons. The monoisotopic (exact) mass is 552 g/mol. The molecule has 2 aromatic carbocycles. The maximum atomic E-state index is 15.3. The number of fused-ring (bicyclic) bond motifs is 1. The highest BCUT2D eigenvalue weighted by atomic mass is 35.5. The highest BCUT2D eigenvalue weighted by molar-refractivity contribution is 6.36. The Kier molecular flexibility index (Phi) is 6.37. The van der Waals surface area contributed by atoms with Gasteiger partial charge in [-0.1, -0.05) is 55.3 Å². The molecule has 2 heterocycles. The SMILES string of the molecule is [2H][C@@](Nc1cc(Cl)c2ncc(C#N)c(NCC(C)(C)C)c2c1)(c1cn(C2(C)CC2)nn1)c1c(F)cccc1Cl. The summed E-state index contributed by atoms with van der Waals surface area (Å²) in [5, 5.41) is 25.8. The zero-order valence-electron chi connectivity index (χ0n) is 22.5. The van der Waals surface area contributed by atoms with Gasteiger partial charge < -0.3 is 10.6 Å². The van der Waals surface area contributed by atoms with E-state index < -0.39 is 11.8 Å². The van der Waals surface area contributed by atoms with E-state index in [1.807, 2.05) is 0 Å². The lowest BCUT2D eigenvalue weighted by Gasteiger charge is -2.23. The van der Waals surface area contributed by atoms with Crippen molar-refractivity contribution < 1.29 is 5.76 Å². The van der Waals surface area contributed by atoms with Crippen LogP contribution in [0.4, 0.5) is 15.8 Å². The van der Waals surface area contributed by atoms with Crippen molar-refractivity contribution in [2.75, 3.05) is 17.2 Å². The van der Waals surface area contributed by atoms with E-state index in [-0.39, 0.29) is 27.2 Å². The number of nitriles is 1. The number of aromatic nitrogens is 4. The van der Waals surface area contributed by atoms with Crippen LogP contribution in [0.15, 0.2) is 42.7 Å². The number of nitrogens with zero attached hydrogens (tertiary/aromatic N) is 5. The smallest absolute Gasteiger partial charge is 0.130 e. The Hall–Kier alpha value is -3.41. The maximum absolute atomic E-state index is 15.3. The standard InChI is InChI=1S/C28H28Cl2FN7/c1-27(2,3)15-34-24-16(12-32)13-33-25-18(24)10-17(11-20(25)30)35-26(23-19(29)6-5-7-21(23)31)22-14-38(37-36-22)28(4)8-9-28/h5-7,10-11,13-14,26,35H,8-9,15H2,1-4H3,(H,33,34)/t26-/m1/s1/i26D. The van der Waals surface area contributed by atoms with Gasteiger partial charge >= 0.3 is 0 Å². The Morgan fingerprint density at radius 3 is 2.68 bits per heavy atom. The first kappa shape index (κ1) is 24.9. The molecule has 1 atom stereocenters. The molecule has 2 N–H and O–H groups in total. The van der Waals surface area contributed by atoms with Crippen molar-refractivity contribution in [3.8, 4) is 6.07 Å². The minimum absolute atomic E-state index is 0.0656. The predicted molar refractivity (Wildman–Crippen MR) is 149 cm³/mol. The van der Waals surface area contributed by atoms with Crippen LogP contribution in [0.1, 0.15) is 64.7 Å². The van der Waals surface area contributed by atoms with Crippen LogP contribution in [0.2, 0.25) is 10.0 Å². The lowest BCUT2D eigenvalue weighted by molar-refractivity contribution is 0.443. The summed E-state index contributed by atoms with van der Waals surface area (Å²) in [6, 6.07) is 7.85. The van der Waals surface area contributed by atoms with Crippen molar-refractivity contribution in [3.63, 3.8) is 0 Å². The lowest BCUT2D eigenvalue weighted by atomic mass is 9.96. The van der Waals surface area contributed by atoms with E-state index in [1.165, 1.54) is 24.4 Å². The summed E-state index contributed by atoms with van der Waals surface area (Å²) in [6.07, 6.45) is 5.02. The minimum atomic E-state index is -1.96. The molecule has 2 aromatic heterocycles. The third-order valence-electron chi connectivity index (χ3n) is 6.60. The minimum Gasteiger partial charge on any atom is -0.383 e. The van der Waals surface area contributed by atoms with Crippen LogP contribution >= 0.6 is 23.2 Å². The summed E-state index contributed by atoms with van der Waals surface area (Å²) in [5.74, 6) is -0.662. The number of pyridine rings is 1. The molecule has 0 amide bonds. The van der Waals surface area contributed by atoms with E-state index >= 15 is 4.39 Å². The summed E-state index contributed by atoms with van der Waals surface area (Å²) in [5.41, 5.74) is 1.66. The van der Waals surface area contributed by atoms with Crippen LogP contribution in [0, 0.1) is 22.6 Å². The summed E-state index contributed by atoms with van der Waals surface area (Å²) < 4.78 is 26.6. The second kappa shape index (κ2) is 9.72. The molecule has 38 heavy (non-hydrogen) atoms. The molecule has 4 aromatic rings. The zero-order valence-corrected chi connectivity index (χ0v) is 23.0. The van der Waals surface area contributed by atoms with Crippen molar-refractivity contribution in [1.82, 2.24) is 20.0 Å². The third kappa shape index (κ3) is 5.13. The van der Waals surface area contributed by atoms with Crippen molar-refractivity contribution in [1.29, 1.82) is 5.26 Å². The Morgan fingerprint density at radius 1 is 1.26 bits per heavy atom. The van der Waals surface area contributed by atoms with E-state index in [9.17, 15) is 6.63 Å². The normalized spacial score (nSPS) is 16.4. The predicted octanol–water partition coefficient (Wildman–Crippen LogP) is 7.31. The number of benzene rings is 2. The summed E-state index contributed by atoms with van der Waals surface area (Å²) in [6.45, 7) is 8.88. The molecule has 5 rings (SSSR count). The van der Waals surface area contributed by atoms with Crippen LogP contribution in [0.25, 0.3) is 10.9 Å². The maximum Gasteiger partial charge on any atom is 0.130 e. The van der Waals surface area contributed by atoms with Crippen LogP contribution in [-0.2, 0) is 5.54 Å². The first-order valence-electron chi connectivity index (χ1n) is 12.8. The fourth-order valence-electron chi connectivity index (χ4n) is 4.15. The van der Waals surface area contributed by atoms with E-state index in [1.54, 1.807) is 23.0 Å². The first-order valence-corrected chi connectivity index (χ1v) is 13.0. The fraction of sp³-hybridized carbons (Fsp3) is 0.357. The fourth-order valence-corrected chi connectivity index (χ4v) is 4.67. The first-order chi connectivity index (χ1) is 18.3. The van der Waals surface area contributed by atoms with Crippen LogP contribution in [-0.4, -0.2) is 26.5 Å². The van der Waals surface area contributed by atoms with Crippen LogP contribution in [0.3, 0.4) is 0 Å². The molecule has 0 aliphatic heterocycles. The van der Waals surface area contributed by atoms with Gasteiger partial charge in [0.1, 0.15) is 23.6 Å². The highest BCUT2D eigenvalue weighted by Crippen LogP contribution is 2.43. The number of hydrogen-bond donors (Lipinski definition) is 2.